The van der Waals surface area contributed by atoms with Gasteiger partial charge in [-0.1, -0.05) is 55.1 Å². The highest BCUT2D eigenvalue weighted by atomic mass is 16.5. The normalized spacial score (nSPS) is 10.9. The summed E-state index contributed by atoms with van der Waals surface area (Å²) in [5, 5.41) is 10.8. The van der Waals surface area contributed by atoms with Gasteiger partial charge in [0, 0.05) is 31.3 Å². The van der Waals surface area contributed by atoms with E-state index in [0.29, 0.717) is 19.5 Å². The Labute approximate surface area is 199 Å². The smallest absolute Gasteiger partial charge is 0.407 e. The monoisotopic (exact) mass is 458 g/mol. The lowest BCUT2D eigenvalue weighted by molar-refractivity contribution is 0.139. The summed E-state index contributed by atoms with van der Waals surface area (Å²) in [7, 11) is 0. The highest BCUT2D eigenvalue weighted by molar-refractivity contribution is 5.87. The van der Waals surface area contributed by atoms with Crippen LogP contribution < -0.4 is 10.6 Å². The van der Waals surface area contributed by atoms with Gasteiger partial charge in [0.05, 0.1) is 16.7 Å². The minimum atomic E-state index is -0.422. The van der Waals surface area contributed by atoms with Gasteiger partial charge in [0.25, 0.3) is 0 Å². The first-order valence-electron chi connectivity index (χ1n) is 11.5. The number of nitrogens with zero attached hydrogens (tertiary/aromatic N) is 4. The number of carbonyl (C=O) groups is 1. The van der Waals surface area contributed by atoms with E-state index in [1.165, 1.54) is 0 Å². The Morgan fingerprint density at radius 3 is 2.76 bits per heavy atom. The van der Waals surface area contributed by atoms with Crippen LogP contribution in [0.4, 0.5) is 16.6 Å². The van der Waals surface area contributed by atoms with Gasteiger partial charge in [-0.15, -0.1) is 0 Å². The Balaban J connectivity index is 1.44. The highest BCUT2D eigenvalue weighted by Crippen LogP contribution is 2.26. The molecule has 8 heteroatoms. The van der Waals surface area contributed by atoms with Crippen LogP contribution in [0, 0.1) is 6.92 Å². The summed E-state index contributed by atoms with van der Waals surface area (Å²) in [4.78, 5) is 16.9. The Morgan fingerprint density at radius 2 is 2.00 bits per heavy atom. The van der Waals surface area contributed by atoms with E-state index in [0.717, 1.165) is 46.2 Å². The average Bonchev–Trinajstić information content (AvgIpc) is 3.40. The molecule has 0 radical (unpaired) electrons. The molecule has 2 heterocycles. The van der Waals surface area contributed by atoms with Gasteiger partial charge >= 0.3 is 6.09 Å². The van der Waals surface area contributed by atoms with E-state index < -0.39 is 6.09 Å². The zero-order valence-electron chi connectivity index (χ0n) is 19.6. The molecule has 0 bridgehead atoms. The SMILES string of the molecule is C=Cc1cccc2c1nc(Nc1cc(C)nn1CC)n2CCCNC(=O)OCc1ccccc1. The van der Waals surface area contributed by atoms with E-state index >= 15 is 0 Å². The number of amides is 1. The van der Waals surface area contributed by atoms with E-state index in [-0.39, 0.29) is 6.61 Å². The van der Waals surface area contributed by atoms with Crippen molar-refractivity contribution < 1.29 is 9.53 Å². The second-order valence-electron chi connectivity index (χ2n) is 7.96. The number of aryl methyl sites for hydroxylation is 3. The largest absolute Gasteiger partial charge is 0.445 e. The molecule has 0 spiro atoms. The molecule has 1 amide bonds. The quantitative estimate of drug-likeness (QED) is 0.317. The van der Waals surface area contributed by atoms with E-state index in [1.807, 2.05) is 72.3 Å². The van der Waals surface area contributed by atoms with Gasteiger partial charge in [-0.05, 0) is 31.9 Å². The number of nitrogens with one attached hydrogen (secondary N) is 2. The lowest BCUT2D eigenvalue weighted by Gasteiger charge is -2.12. The molecule has 4 aromatic rings. The van der Waals surface area contributed by atoms with E-state index in [4.69, 9.17) is 9.72 Å². The van der Waals surface area contributed by atoms with Gasteiger partial charge in [-0.3, -0.25) is 0 Å². The van der Waals surface area contributed by atoms with Crippen molar-refractivity contribution in [1.82, 2.24) is 24.6 Å². The van der Waals surface area contributed by atoms with Crippen LogP contribution in [0.1, 0.15) is 30.2 Å². The van der Waals surface area contributed by atoms with Crippen molar-refractivity contribution in [3.63, 3.8) is 0 Å². The molecule has 0 atom stereocenters. The van der Waals surface area contributed by atoms with Crippen molar-refractivity contribution in [2.45, 2.75) is 40.0 Å². The van der Waals surface area contributed by atoms with Crippen molar-refractivity contribution >= 4 is 35.0 Å². The third-order valence-corrected chi connectivity index (χ3v) is 5.51. The summed E-state index contributed by atoms with van der Waals surface area (Å²) in [6.07, 6.45) is 2.10. The van der Waals surface area contributed by atoms with Crippen molar-refractivity contribution in [2.75, 3.05) is 11.9 Å². The van der Waals surface area contributed by atoms with Crippen LogP contribution in [0.3, 0.4) is 0 Å². The van der Waals surface area contributed by atoms with Gasteiger partial charge in [-0.2, -0.15) is 5.10 Å². The number of hydrogen-bond acceptors (Lipinski definition) is 5. The molecule has 2 N–H and O–H groups in total. The van der Waals surface area contributed by atoms with Crippen molar-refractivity contribution in [1.29, 1.82) is 0 Å². The topological polar surface area (TPSA) is 86.0 Å². The molecule has 0 aliphatic carbocycles. The fraction of sp³-hybridized carbons (Fsp3) is 0.269. The minimum Gasteiger partial charge on any atom is -0.445 e. The predicted octanol–water partition coefficient (Wildman–Crippen LogP) is 5.26. The number of rotatable bonds is 10. The second kappa shape index (κ2) is 10.7. The zero-order chi connectivity index (χ0) is 23.9. The van der Waals surface area contributed by atoms with Gasteiger partial charge in [0.1, 0.15) is 12.4 Å². The van der Waals surface area contributed by atoms with Crippen LogP contribution in [0.2, 0.25) is 0 Å². The number of benzene rings is 2. The van der Waals surface area contributed by atoms with Crippen LogP contribution in [0.5, 0.6) is 0 Å². The second-order valence-corrected chi connectivity index (χ2v) is 7.96. The van der Waals surface area contributed by atoms with Crippen LogP contribution >= 0.6 is 0 Å². The van der Waals surface area contributed by atoms with Gasteiger partial charge in [0.15, 0.2) is 0 Å². The van der Waals surface area contributed by atoms with Gasteiger partial charge in [0.2, 0.25) is 5.95 Å². The molecule has 0 unspecified atom stereocenters. The van der Waals surface area contributed by atoms with E-state index in [9.17, 15) is 4.79 Å². The molecular weight excluding hydrogens is 428 g/mol. The number of anilines is 2. The van der Waals surface area contributed by atoms with Gasteiger partial charge in [-0.25, -0.2) is 14.5 Å². The fourth-order valence-electron chi connectivity index (χ4n) is 3.86. The Kier molecular flexibility index (Phi) is 7.27. The van der Waals surface area contributed by atoms with Gasteiger partial charge < -0.3 is 19.9 Å². The summed E-state index contributed by atoms with van der Waals surface area (Å²) in [5.41, 5.74) is 4.76. The van der Waals surface area contributed by atoms with Crippen LogP contribution in [0.25, 0.3) is 17.1 Å². The summed E-state index contributed by atoms with van der Waals surface area (Å²) >= 11 is 0. The molecule has 0 aliphatic rings. The zero-order valence-corrected chi connectivity index (χ0v) is 19.6. The summed E-state index contributed by atoms with van der Waals surface area (Å²) in [6, 6.07) is 17.7. The third kappa shape index (κ3) is 5.28. The molecular formula is C26H30N6O2. The fourth-order valence-corrected chi connectivity index (χ4v) is 3.86. The maximum absolute atomic E-state index is 12.1. The number of alkyl carbamates (subject to hydrolysis) is 1. The maximum atomic E-state index is 12.1. The number of aromatic nitrogens is 4. The van der Waals surface area contributed by atoms with Crippen LogP contribution in [-0.2, 0) is 24.4 Å². The van der Waals surface area contributed by atoms with E-state index in [1.54, 1.807) is 0 Å². The lowest BCUT2D eigenvalue weighted by Crippen LogP contribution is -2.26. The molecule has 2 aromatic heterocycles. The minimum absolute atomic E-state index is 0.252. The number of fused-ring (bicyclic) bond motifs is 1. The average molecular weight is 459 g/mol. The molecule has 0 fully saturated rings. The molecule has 0 aliphatic heterocycles. The Bertz CT molecular complexity index is 1280. The molecule has 2 aromatic carbocycles. The van der Waals surface area contributed by atoms with Crippen molar-refractivity contribution in [3.8, 4) is 0 Å². The number of ether oxygens (including phenoxy) is 1. The number of para-hydroxylation sites is 1. The molecule has 0 saturated carbocycles. The standard InChI is InChI=1S/C26H30N6O2/c1-4-21-13-9-14-22-24(21)29-25(28-23-17-19(3)30-32(23)5-2)31(22)16-10-15-27-26(33)34-18-20-11-7-6-8-12-20/h4,6-9,11-14,17H,1,5,10,15-16,18H2,2-3H3,(H,27,33)(H,28,29). The maximum Gasteiger partial charge on any atom is 0.407 e. The van der Waals surface area contributed by atoms with Crippen LogP contribution in [0.15, 0.2) is 61.2 Å². The summed E-state index contributed by atoms with van der Waals surface area (Å²) in [6.45, 7) is 10.1. The van der Waals surface area contributed by atoms with Crippen molar-refractivity contribution in [3.05, 3.63) is 78.0 Å². The lowest BCUT2D eigenvalue weighted by atomic mass is 10.2. The summed E-state index contributed by atoms with van der Waals surface area (Å²) in [5.74, 6) is 1.62. The number of carbonyl (C=O) groups excluding carboxylic acids is 1. The third-order valence-electron chi connectivity index (χ3n) is 5.51. The first-order chi connectivity index (χ1) is 16.6. The number of hydrogen-bond donors (Lipinski definition) is 2. The molecule has 8 nitrogen and oxygen atoms in total. The van der Waals surface area contributed by atoms with Crippen LogP contribution in [-0.4, -0.2) is 32.0 Å². The number of imidazole rings is 1. The van der Waals surface area contributed by atoms with E-state index in [2.05, 4.69) is 33.8 Å². The molecule has 4 rings (SSSR count). The molecule has 34 heavy (non-hydrogen) atoms. The predicted molar refractivity (Wildman–Crippen MR) is 135 cm³/mol. The summed E-state index contributed by atoms with van der Waals surface area (Å²) < 4.78 is 9.34. The first-order valence-corrected chi connectivity index (χ1v) is 11.5. The molecule has 0 saturated heterocycles. The Hall–Kier alpha value is -4.07. The van der Waals surface area contributed by atoms with Crippen molar-refractivity contribution in [2.24, 2.45) is 0 Å². The molecule has 176 valence electrons. The highest BCUT2D eigenvalue weighted by Gasteiger charge is 2.15. The first kappa shape index (κ1) is 23.1. The Morgan fingerprint density at radius 1 is 1.18 bits per heavy atom.